The van der Waals surface area contributed by atoms with Crippen molar-refractivity contribution in [2.45, 2.75) is 25.4 Å². The molecule has 1 fully saturated rings. The van der Waals surface area contributed by atoms with E-state index in [1.165, 1.54) is 6.07 Å². The first kappa shape index (κ1) is 18.5. The van der Waals surface area contributed by atoms with E-state index in [9.17, 15) is 8.78 Å². The molecule has 1 aliphatic heterocycles. The molecule has 3 aromatic rings. The second-order valence-electron chi connectivity index (χ2n) is 7.13. The lowest BCUT2D eigenvalue weighted by atomic mass is 10.1. The van der Waals surface area contributed by atoms with Gasteiger partial charge in [-0.05, 0) is 49.2 Å². The molecule has 1 saturated heterocycles. The van der Waals surface area contributed by atoms with Gasteiger partial charge in [0.15, 0.2) is 11.6 Å². The molecule has 28 heavy (non-hydrogen) atoms. The molecule has 1 atom stereocenters. The Labute approximate surface area is 161 Å². The van der Waals surface area contributed by atoms with Crippen molar-refractivity contribution >= 4 is 5.82 Å². The summed E-state index contributed by atoms with van der Waals surface area (Å²) in [6.45, 7) is 1.33. The quantitative estimate of drug-likeness (QED) is 0.666. The molecule has 146 valence electrons. The fourth-order valence-corrected chi connectivity index (χ4v) is 3.44. The molecule has 0 bridgehead atoms. The van der Waals surface area contributed by atoms with E-state index >= 15 is 0 Å². The molecule has 0 spiro atoms. The smallest absolute Gasteiger partial charge is 0.244 e. The molecule has 4 rings (SSSR count). The lowest BCUT2D eigenvalue weighted by molar-refractivity contribution is 0.201. The van der Waals surface area contributed by atoms with Crippen molar-refractivity contribution in [2.24, 2.45) is 0 Å². The molecular formula is C20H21F2N5O. The number of hydrogen-bond donors (Lipinski definition) is 0. The van der Waals surface area contributed by atoms with Crippen LogP contribution in [0.25, 0.3) is 11.4 Å². The van der Waals surface area contributed by atoms with E-state index in [4.69, 9.17) is 4.52 Å². The zero-order chi connectivity index (χ0) is 19.7. The summed E-state index contributed by atoms with van der Waals surface area (Å²) in [5.74, 6) is 0.208. The second kappa shape index (κ2) is 7.63. The number of benzene rings is 1. The predicted octanol–water partition coefficient (Wildman–Crippen LogP) is 3.81. The van der Waals surface area contributed by atoms with Crippen LogP contribution < -0.4 is 4.90 Å². The maximum absolute atomic E-state index is 13.5. The second-order valence-corrected chi connectivity index (χ2v) is 7.13. The molecule has 0 unspecified atom stereocenters. The van der Waals surface area contributed by atoms with Gasteiger partial charge in [-0.25, -0.2) is 13.8 Å². The van der Waals surface area contributed by atoms with Gasteiger partial charge in [0.2, 0.25) is 11.7 Å². The van der Waals surface area contributed by atoms with E-state index in [-0.39, 0.29) is 6.04 Å². The number of pyridine rings is 1. The third-order valence-corrected chi connectivity index (χ3v) is 4.92. The van der Waals surface area contributed by atoms with Crippen LogP contribution in [0.15, 0.2) is 41.1 Å². The van der Waals surface area contributed by atoms with Crippen LogP contribution in [-0.2, 0) is 6.54 Å². The van der Waals surface area contributed by atoms with Gasteiger partial charge in [-0.1, -0.05) is 11.2 Å². The van der Waals surface area contributed by atoms with Crippen molar-refractivity contribution in [3.63, 3.8) is 0 Å². The van der Waals surface area contributed by atoms with Gasteiger partial charge in [0.25, 0.3) is 0 Å². The topological polar surface area (TPSA) is 58.3 Å². The largest absolute Gasteiger partial charge is 0.363 e. The molecule has 0 radical (unpaired) electrons. The minimum absolute atomic E-state index is 0.0385. The normalized spacial score (nSPS) is 17.2. The van der Waals surface area contributed by atoms with Crippen LogP contribution in [0.1, 0.15) is 30.3 Å². The van der Waals surface area contributed by atoms with Crippen LogP contribution in [0, 0.1) is 11.6 Å². The van der Waals surface area contributed by atoms with Gasteiger partial charge < -0.3 is 9.42 Å². The van der Waals surface area contributed by atoms with E-state index in [1.807, 2.05) is 31.1 Å². The lowest BCUT2D eigenvalue weighted by Gasteiger charge is -2.21. The Hall–Kier alpha value is -2.87. The summed E-state index contributed by atoms with van der Waals surface area (Å²) in [6.07, 6.45) is 3.58. The van der Waals surface area contributed by atoms with Gasteiger partial charge in [0.1, 0.15) is 5.82 Å². The first-order valence-electron chi connectivity index (χ1n) is 9.16. The molecule has 3 heterocycles. The number of rotatable bonds is 5. The lowest BCUT2D eigenvalue weighted by Crippen LogP contribution is -2.23. The maximum Gasteiger partial charge on any atom is 0.244 e. The van der Waals surface area contributed by atoms with Crippen molar-refractivity contribution in [1.29, 1.82) is 0 Å². The minimum atomic E-state index is -0.836. The van der Waals surface area contributed by atoms with Crippen molar-refractivity contribution in [2.75, 3.05) is 25.5 Å². The summed E-state index contributed by atoms with van der Waals surface area (Å²) in [5.41, 5.74) is 1.50. The average Bonchev–Trinajstić information content (AvgIpc) is 3.34. The third kappa shape index (κ3) is 3.73. The first-order chi connectivity index (χ1) is 13.5. The van der Waals surface area contributed by atoms with Crippen LogP contribution in [0.2, 0.25) is 0 Å². The van der Waals surface area contributed by atoms with Gasteiger partial charge in [0.05, 0.1) is 6.04 Å². The Bertz CT molecular complexity index is 957. The number of aromatic nitrogens is 3. The summed E-state index contributed by atoms with van der Waals surface area (Å²) in [5, 5.41) is 4.10. The molecule has 6 nitrogen and oxygen atoms in total. The summed E-state index contributed by atoms with van der Waals surface area (Å²) in [4.78, 5) is 13.0. The highest BCUT2D eigenvalue weighted by molar-refractivity contribution is 5.55. The zero-order valence-corrected chi connectivity index (χ0v) is 15.8. The molecule has 0 N–H and O–H groups in total. The van der Waals surface area contributed by atoms with Crippen LogP contribution in [0.4, 0.5) is 14.6 Å². The molecular weight excluding hydrogens is 364 g/mol. The standard InChI is InChI=1S/C20H21F2N5O/c1-26(2)18-8-6-14(11-23-18)19-24-20(28-25-19)17-4-3-9-27(17)12-13-5-7-15(21)16(22)10-13/h5-8,10-11,17H,3-4,9,12H2,1-2H3/t17-/m0/s1. The van der Waals surface area contributed by atoms with E-state index < -0.39 is 11.6 Å². The van der Waals surface area contributed by atoms with Crippen LogP contribution >= 0.6 is 0 Å². The van der Waals surface area contributed by atoms with Crippen LogP contribution in [0.5, 0.6) is 0 Å². The Morgan fingerprint density at radius 3 is 2.75 bits per heavy atom. The molecule has 1 aromatic carbocycles. The number of anilines is 1. The van der Waals surface area contributed by atoms with E-state index in [2.05, 4.69) is 20.0 Å². The van der Waals surface area contributed by atoms with Gasteiger partial charge in [-0.3, -0.25) is 4.90 Å². The van der Waals surface area contributed by atoms with Crippen molar-refractivity contribution in [3.05, 3.63) is 59.6 Å². The minimum Gasteiger partial charge on any atom is -0.363 e. The highest BCUT2D eigenvalue weighted by atomic mass is 19.2. The zero-order valence-electron chi connectivity index (χ0n) is 15.8. The summed E-state index contributed by atoms with van der Waals surface area (Å²) in [6, 6.07) is 7.77. The highest BCUT2D eigenvalue weighted by Crippen LogP contribution is 2.33. The number of nitrogens with zero attached hydrogens (tertiary/aromatic N) is 5. The SMILES string of the molecule is CN(C)c1ccc(-c2noc([C@@H]3CCCN3Cc3ccc(F)c(F)c3)n2)cn1. The van der Waals surface area contributed by atoms with Crippen molar-refractivity contribution in [3.8, 4) is 11.4 Å². The number of likely N-dealkylation sites (tertiary alicyclic amines) is 1. The van der Waals surface area contributed by atoms with E-state index in [1.54, 1.807) is 12.3 Å². The fourth-order valence-electron chi connectivity index (χ4n) is 3.44. The van der Waals surface area contributed by atoms with Crippen LogP contribution in [-0.4, -0.2) is 40.7 Å². The maximum atomic E-state index is 13.5. The molecule has 0 amide bonds. The molecule has 1 aliphatic rings. The molecule has 2 aromatic heterocycles. The molecule has 8 heteroatoms. The van der Waals surface area contributed by atoms with Gasteiger partial charge in [0, 0.05) is 32.4 Å². The molecule has 0 saturated carbocycles. The fraction of sp³-hybridized carbons (Fsp3) is 0.350. The number of halogens is 2. The predicted molar refractivity (Wildman–Crippen MR) is 101 cm³/mol. The highest BCUT2D eigenvalue weighted by Gasteiger charge is 2.31. The first-order valence-corrected chi connectivity index (χ1v) is 9.16. The Morgan fingerprint density at radius 2 is 2.04 bits per heavy atom. The van der Waals surface area contributed by atoms with E-state index in [0.717, 1.165) is 36.8 Å². The Kier molecular flexibility index (Phi) is 5.04. The van der Waals surface area contributed by atoms with Crippen molar-refractivity contribution in [1.82, 2.24) is 20.0 Å². The average molecular weight is 385 g/mol. The number of hydrogen-bond acceptors (Lipinski definition) is 6. The summed E-state index contributed by atoms with van der Waals surface area (Å²) >= 11 is 0. The summed E-state index contributed by atoms with van der Waals surface area (Å²) in [7, 11) is 3.85. The Morgan fingerprint density at radius 1 is 1.18 bits per heavy atom. The van der Waals surface area contributed by atoms with Crippen LogP contribution in [0.3, 0.4) is 0 Å². The van der Waals surface area contributed by atoms with E-state index in [0.29, 0.717) is 23.8 Å². The monoisotopic (exact) mass is 385 g/mol. The summed E-state index contributed by atoms with van der Waals surface area (Å²) < 4.78 is 32.2. The van der Waals surface area contributed by atoms with Gasteiger partial charge in [-0.15, -0.1) is 0 Å². The van der Waals surface area contributed by atoms with Crippen molar-refractivity contribution < 1.29 is 13.3 Å². The van der Waals surface area contributed by atoms with Gasteiger partial charge in [-0.2, -0.15) is 4.98 Å². The Balaban J connectivity index is 1.51. The molecule has 0 aliphatic carbocycles. The third-order valence-electron chi connectivity index (χ3n) is 4.92. The van der Waals surface area contributed by atoms with Gasteiger partial charge >= 0.3 is 0 Å².